The van der Waals surface area contributed by atoms with Crippen LogP contribution < -0.4 is 5.73 Å². The van der Waals surface area contributed by atoms with Crippen molar-refractivity contribution in [1.29, 1.82) is 0 Å². The standard InChI is InChI=1S/C15H25BrN2OS/c1-3-13(17)15(14-8-12(16)9-20-14)18-6-4-11(5-7-18)10(2)19/h8-11,13,15,19H,3-7,17H2,1-2H3. The largest absolute Gasteiger partial charge is 0.393 e. The average molecular weight is 361 g/mol. The highest BCUT2D eigenvalue weighted by Gasteiger charge is 2.31. The Morgan fingerprint density at radius 2 is 2.15 bits per heavy atom. The van der Waals surface area contributed by atoms with Crippen molar-refractivity contribution in [1.82, 2.24) is 4.90 Å². The minimum atomic E-state index is -0.189. The molecule has 5 heteroatoms. The normalized spacial score (nSPS) is 22.6. The maximum atomic E-state index is 9.73. The van der Waals surface area contributed by atoms with Crippen molar-refractivity contribution >= 4 is 27.3 Å². The van der Waals surface area contributed by atoms with Crippen LogP contribution in [-0.4, -0.2) is 35.2 Å². The molecule has 0 aliphatic carbocycles. The molecule has 1 aliphatic heterocycles. The Balaban J connectivity index is 2.09. The first-order chi connectivity index (χ1) is 9.52. The lowest BCUT2D eigenvalue weighted by Gasteiger charge is -2.40. The van der Waals surface area contributed by atoms with E-state index in [1.54, 1.807) is 11.3 Å². The molecule has 114 valence electrons. The Morgan fingerprint density at radius 3 is 2.60 bits per heavy atom. The van der Waals surface area contributed by atoms with E-state index < -0.39 is 0 Å². The summed E-state index contributed by atoms with van der Waals surface area (Å²) in [5.74, 6) is 0.444. The molecule has 1 aliphatic rings. The first-order valence-corrected chi connectivity index (χ1v) is 9.11. The lowest BCUT2D eigenvalue weighted by molar-refractivity contribution is 0.0503. The van der Waals surface area contributed by atoms with Gasteiger partial charge in [-0.2, -0.15) is 0 Å². The highest BCUT2D eigenvalue weighted by atomic mass is 79.9. The first kappa shape index (κ1) is 16.4. The fourth-order valence-corrected chi connectivity index (χ4v) is 4.70. The number of hydrogen-bond acceptors (Lipinski definition) is 4. The molecule has 0 saturated carbocycles. The summed E-state index contributed by atoms with van der Waals surface area (Å²) in [4.78, 5) is 3.85. The van der Waals surface area contributed by atoms with Gasteiger partial charge in [-0.15, -0.1) is 11.3 Å². The molecule has 1 aromatic heterocycles. The number of hydrogen-bond donors (Lipinski definition) is 2. The molecule has 1 saturated heterocycles. The molecule has 0 aromatic carbocycles. The van der Waals surface area contributed by atoms with E-state index in [2.05, 4.69) is 39.2 Å². The molecule has 1 aromatic rings. The maximum Gasteiger partial charge on any atom is 0.0593 e. The van der Waals surface area contributed by atoms with Crippen molar-refractivity contribution in [2.45, 2.75) is 51.3 Å². The second kappa shape index (κ2) is 7.36. The minimum absolute atomic E-state index is 0.170. The summed E-state index contributed by atoms with van der Waals surface area (Å²) in [7, 11) is 0. The third kappa shape index (κ3) is 3.83. The summed E-state index contributed by atoms with van der Waals surface area (Å²) >= 11 is 5.33. The molecule has 2 rings (SSSR count). The smallest absolute Gasteiger partial charge is 0.0593 e. The van der Waals surface area contributed by atoms with Crippen LogP contribution in [-0.2, 0) is 0 Å². The maximum absolute atomic E-state index is 9.73. The lowest BCUT2D eigenvalue weighted by atomic mass is 9.90. The van der Waals surface area contributed by atoms with Gasteiger partial charge in [0.2, 0.25) is 0 Å². The van der Waals surface area contributed by atoms with Gasteiger partial charge in [0.1, 0.15) is 0 Å². The van der Waals surface area contributed by atoms with E-state index in [0.29, 0.717) is 12.0 Å². The molecule has 20 heavy (non-hydrogen) atoms. The molecular weight excluding hydrogens is 336 g/mol. The summed E-state index contributed by atoms with van der Waals surface area (Å²) < 4.78 is 1.14. The van der Waals surface area contributed by atoms with Gasteiger partial charge in [0, 0.05) is 20.8 Å². The molecule has 0 amide bonds. The minimum Gasteiger partial charge on any atom is -0.393 e. The van der Waals surface area contributed by atoms with E-state index in [1.165, 1.54) is 4.88 Å². The number of likely N-dealkylation sites (tertiary alicyclic amines) is 1. The third-order valence-corrected chi connectivity index (χ3v) is 6.17. The first-order valence-electron chi connectivity index (χ1n) is 7.44. The van der Waals surface area contributed by atoms with Crippen molar-refractivity contribution in [3.8, 4) is 0 Å². The summed E-state index contributed by atoms with van der Waals surface area (Å²) in [6.07, 6.45) is 2.93. The molecule has 3 unspecified atom stereocenters. The Bertz CT molecular complexity index is 416. The zero-order valence-corrected chi connectivity index (χ0v) is 14.7. The van der Waals surface area contributed by atoms with E-state index in [9.17, 15) is 5.11 Å². The van der Waals surface area contributed by atoms with Crippen molar-refractivity contribution in [3.05, 3.63) is 20.8 Å². The molecule has 3 atom stereocenters. The molecule has 2 heterocycles. The van der Waals surface area contributed by atoms with Crippen LogP contribution in [0.4, 0.5) is 0 Å². The molecular formula is C15H25BrN2OS. The monoisotopic (exact) mass is 360 g/mol. The number of aliphatic hydroxyl groups is 1. The van der Waals surface area contributed by atoms with Crippen LogP contribution in [0.5, 0.6) is 0 Å². The van der Waals surface area contributed by atoms with E-state index in [4.69, 9.17) is 5.73 Å². The van der Waals surface area contributed by atoms with E-state index >= 15 is 0 Å². The molecule has 0 radical (unpaired) electrons. The Labute approximate surface area is 134 Å². The Kier molecular flexibility index (Phi) is 6.05. The fraction of sp³-hybridized carbons (Fsp3) is 0.733. The Morgan fingerprint density at radius 1 is 1.50 bits per heavy atom. The third-order valence-electron chi connectivity index (χ3n) is 4.41. The molecule has 3 nitrogen and oxygen atoms in total. The fourth-order valence-electron chi connectivity index (χ4n) is 3.05. The van der Waals surface area contributed by atoms with Crippen molar-refractivity contribution < 1.29 is 5.11 Å². The highest BCUT2D eigenvalue weighted by Crippen LogP contribution is 2.35. The number of piperidine rings is 1. The van der Waals surface area contributed by atoms with E-state index in [1.807, 2.05) is 6.92 Å². The van der Waals surface area contributed by atoms with E-state index in [-0.39, 0.29) is 12.1 Å². The van der Waals surface area contributed by atoms with Gasteiger partial charge in [-0.3, -0.25) is 4.90 Å². The van der Waals surface area contributed by atoms with Crippen molar-refractivity contribution in [3.63, 3.8) is 0 Å². The summed E-state index contributed by atoms with van der Waals surface area (Å²) in [6, 6.07) is 2.68. The molecule has 0 spiro atoms. The zero-order valence-electron chi connectivity index (χ0n) is 12.3. The van der Waals surface area contributed by atoms with Crippen LogP contribution >= 0.6 is 27.3 Å². The molecule has 3 N–H and O–H groups in total. The number of rotatable bonds is 5. The van der Waals surface area contributed by atoms with Crippen molar-refractivity contribution in [2.75, 3.05) is 13.1 Å². The quantitative estimate of drug-likeness (QED) is 0.845. The van der Waals surface area contributed by atoms with Crippen LogP contribution in [0, 0.1) is 5.92 Å². The topological polar surface area (TPSA) is 49.5 Å². The van der Waals surface area contributed by atoms with Gasteiger partial charge in [0.05, 0.1) is 12.1 Å². The predicted octanol–water partition coefficient (Wildman–Crippen LogP) is 3.38. The second-order valence-electron chi connectivity index (χ2n) is 5.80. The SMILES string of the molecule is CCC(N)C(c1cc(Br)cs1)N1CCC(C(C)O)CC1. The van der Waals surface area contributed by atoms with Crippen LogP contribution in [0.15, 0.2) is 15.9 Å². The summed E-state index contributed by atoms with van der Waals surface area (Å²) in [5, 5.41) is 11.9. The Hall–Kier alpha value is 0.0600. The van der Waals surface area contributed by atoms with Gasteiger partial charge < -0.3 is 10.8 Å². The second-order valence-corrected chi connectivity index (χ2v) is 7.66. The van der Waals surface area contributed by atoms with Gasteiger partial charge in [0.25, 0.3) is 0 Å². The predicted molar refractivity (Wildman–Crippen MR) is 89.0 cm³/mol. The lowest BCUT2D eigenvalue weighted by Crippen LogP contribution is -2.45. The number of thiophene rings is 1. The number of nitrogens with two attached hydrogens (primary N) is 1. The number of nitrogens with zero attached hydrogens (tertiary/aromatic N) is 1. The van der Waals surface area contributed by atoms with Gasteiger partial charge in [-0.25, -0.2) is 0 Å². The van der Waals surface area contributed by atoms with Crippen LogP contribution in [0.2, 0.25) is 0 Å². The highest BCUT2D eigenvalue weighted by molar-refractivity contribution is 9.10. The van der Waals surface area contributed by atoms with Gasteiger partial charge in [0.15, 0.2) is 0 Å². The molecule has 1 fully saturated rings. The van der Waals surface area contributed by atoms with Gasteiger partial charge >= 0.3 is 0 Å². The zero-order chi connectivity index (χ0) is 14.7. The summed E-state index contributed by atoms with van der Waals surface area (Å²) in [6.45, 7) is 6.13. The van der Waals surface area contributed by atoms with Crippen LogP contribution in [0.1, 0.15) is 44.0 Å². The average Bonchev–Trinajstić information content (AvgIpc) is 2.85. The van der Waals surface area contributed by atoms with Crippen LogP contribution in [0.3, 0.4) is 0 Å². The van der Waals surface area contributed by atoms with Gasteiger partial charge in [-0.1, -0.05) is 6.92 Å². The number of halogens is 1. The van der Waals surface area contributed by atoms with Crippen molar-refractivity contribution in [2.24, 2.45) is 11.7 Å². The molecule has 0 bridgehead atoms. The van der Waals surface area contributed by atoms with Gasteiger partial charge in [-0.05, 0) is 67.2 Å². The summed E-state index contributed by atoms with van der Waals surface area (Å²) in [5.41, 5.74) is 6.38. The van der Waals surface area contributed by atoms with Crippen LogP contribution in [0.25, 0.3) is 0 Å². The van der Waals surface area contributed by atoms with E-state index in [0.717, 1.165) is 36.8 Å². The number of aliphatic hydroxyl groups excluding tert-OH is 1.